The van der Waals surface area contributed by atoms with Crippen molar-refractivity contribution in [3.05, 3.63) is 0 Å². The van der Waals surface area contributed by atoms with E-state index in [9.17, 15) is 28.8 Å². The number of carboxylic acid groups (broad SMARTS) is 3. The normalized spacial score (nSPS) is 8.56. The van der Waals surface area contributed by atoms with Crippen molar-refractivity contribution in [3.8, 4) is 0 Å². The van der Waals surface area contributed by atoms with Crippen LogP contribution in [0.25, 0.3) is 0 Å². The minimum Gasteiger partial charge on any atom is -0.481 e. The molecule has 0 unspecified atom stereocenters. The molecule has 0 spiro atoms. The fraction of sp³-hybridized carbons (Fsp3) is 0.600. The summed E-state index contributed by atoms with van der Waals surface area (Å²) in [5.74, 6) is -4.12. The van der Waals surface area contributed by atoms with Gasteiger partial charge in [0.15, 0.2) is 0 Å². The van der Waals surface area contributed by atoms with Gasteiger partial charge in [-0.3, -0.25) is 28.8 Å². The molecule has 0 rings (SSSR count). The van der Waals surface area contributed by atoms with Crippen LogP contribution in [0.4, 0.5) is 0 Å². The highest BCUT2D eigenvalue weighted by molar-refractivity contribution is 5.93. The molecule has 0 aliphatic rings. The second kappa shape index (κ2) is 21.3. The number of aliphatic carboxylic acids is 3. The van der Waals surface area contributed by atoms with Gasteiger partial charge in [-0.25, -0.2) is 0 Å². The predicted octanol–water partition coefficient (Wildman–Crippen LogP) is -1.52. The highest BCUT2D eigenvalue weighted by Crippen LogP contribution is 1.78. The first-order valence-corrected chi connectivity index (χ1v) is 7.22. The van der Waals surface area contributed by atoms with Gasteiger partial charge >= 0.3 is 17.9 Å². The topological polar surface area (TPSA) is 224 Å². The molecule has 0 aliphatic heterocycles. The lowest BCUT2D eigenvalue weighted by Crippen LogP contribution is -2.15. The number of ketones is 3. The average molecular weight is 398 g/mol. The van der Waals surface area contributed by atoms with Crippen LogP contribution in [0.2, 0.25) is 0 Å². The molecule has 27 heavy (non-hydrogen) atoms. The Kier molecular flexibility index (Phi) is 25.3. The van der Waals surface area contributed by atoms with Crippen LogP contribution >= 0.6 is 0 Å². The van der Waals surface area contributed by atoms with Crippen LogP contribution in [0.1, 0.15) is 40.0 Å². The van der Waals surface area contributed by atoms with Crippen molar-refractivity contribution >= 4 is 35.3 Å². The van der Waals surface area contributed by atoms with Gasteiger partial charge in [-0.2, -0.15) is 0 Å². The molecule has 158 valence electrons. The lowest BCUT2D eigenvalue weighted by molar-refractivity contribution is -0.141. The van der Waals surface area contributed by atoms with Crippen molar-refractivity contribution in [1.82, 2.24) is 0 Å². The zero-order valence-corrected chi connectivity index (χ0v) is 15.2. The molecule has 0 heterocycles. The van der Waals surface area contributed by atoms with Gasteiger partial charge in [-0.1, -0.05) is 0 Å². The van der Waals surface area contributed by atoms with Gasteiger partial charge in [0.1, 0.15) is 42.7 Å². The van der Waals surface area contributed by atoms with E-state index in [1.54, 1.807) is 0 Å². The second-order valence-corrected chi connectivity index (χ2v) is 4.84. The summed E-state index contributed by atoms with van der Waals surface area (Å²) in [6.07, 6.45) is -2.04. The molecule has 0 bridgehead atoms. The van der Waals surface area contributed by atoms with Crippen molar-refractivity contribution in [2.24, 2.45) is 0 Å². The predicted molar refractivity (Wildman–Crippen MR) is 89.0 cm³/mol. The van der Waals surface area contributed by atoms with Gasteiger partial charge < -0.3 is 30.6 Å². The zero-order chi connectivity index (χ0) is 22.6. The van der Waals surface area contributed by atoms with Crippen LogP contribution < -0.4 is 0 Å². The summed E-state index contributed by atoms with van der Waals surface area (Å²) >= 11 is 0. The quantitative estimate of drug-likeness (QED) is 0.256. The maximum Gasteiger partial charge on any atom is 0.310 e. The minimum atomic E-state index is -1.06. The number of carbonyl (C=O) groups is 6. The monoisotopic (exact) mass is 398 g/mol. The van der Waals surface area contributed by atoms with Gasteiger partial charge in [-0.05, 0) is 20.8 Å². The van der Waals surface area contributed by atoms with E-state index in [0.29, 0.717) is 0 Å². The number of carboxylic acids is 3. The summed E-state index contributed by atoms with van der Waals surface area (Å²) in [6, 6.07) is 0. The van der Waals surface area contributed by atoms with Crippen molar-refractivity contribution in [3.63, 3.8) is 0 Å². The molecular formula is C15H26O12. The largest absolute Gasteiger partial charge is 0.481 e. The van der Waals surface area contributed by atoms with Crippen LogP contribution in [0, 0.1) is 0 Å². The summed E-state index contributed by atoms with van der Waals surface area (Å²) in [5.41, 5.74) is 0. The molecule has 0 amide bonds. The van der Waals surface area contributed by atoms with Crippen LogP contribution in [-0.2, 0) is 28.8 Å². The van der Waals surface area contributed by atoms with Gasteiger partial charge in [0.25, 0.3) is 0 Å². The molecule has 12 nitrogen and oxygen atoms in total. The summed E-state index contributed by atoms with van der Waals surface area (Å²) in [6.45, 7) is 3.00. The van der Waals surface area contributed by atoms with Gasteiger partial charge in [0.05, 0.1) is 13.2 Å². The highest BCUT2D eigenvalue weighted by atomic mass is 16.4. The van der Waals surface area contributed by atoms with Crippen molar-refractivity contribution in [1.29, 1.82) is 0 Å². The molecule has 0 saturated heterocycles. The van der Waals surface area contributed by atoms with E-state index in [2.05, 4.69) is 0 Å². The van der Waals surface area contributed by atoms with Crippen LogP contribution in [-0.4, -0.2) is 85.2 Å². The third-order valence-corrected chi connectivity index (χ3v) is 1.62. The van der Waals surface area contributed by atoms with E-state index in [-0.39, 0.29) is 49.8 Å². The number of rotatable bonds is 8. The minimum absolute atomic E-state index is 0.312. The third-order valence-electron chi connectivity index (χ3n) is 1.62. The highest BCUT2D eigenvalue weighted by Gasteiger charge is 1.99. The molecule has 0 saturated carbocycles. The number of aliphatic hydroxyl groups is 3. The van der Waals surface area contributed by atoms with E-state index in [1.165, 1.54) is 20.8 Å². The van der Waals surface area contributed by atoms with Crippen LogP contribution in [0.15, 0.2) is 0 Å². The Bertz CT molecular complexity index is 381. The Morgan fingerprint density at radius 1 is 0.593 bits per heavy atom. The lowest BCUT2D eigenvalue weighted by atomic mass is 10.3. The summed E-state index contributed by atoms with van der Waals surface area (Å²) in [5, 5.41) is 47.6. The average Bonchev–Trinajstić information content (AvgIpc) is 2.43. The lowest BCUT2D eigenvalue weighted by Gasteiger charge is -1.96. The Labute approximate surface area is 155 Å². The molecule has 0 radical (unpaired) electrons. The molecule has 0 aromatic heterocycles. The maximum absolute atomic E-state index is 9.87. The summed E-state index contributed by atoms with van der Waals surface area (Å²) in [4.78, 5) is 58.4. The first-order valence-electron chi connectivity index (χ1n) is 7.22. The first-order chi connectivity index (χ1) is 12.2. The van der Waals surface area contributed by atoms with Gasteiger partial charge in [-0.15, -0.1) is 0 Å². The van der Waals surface area contributed by atoms with Crippen molar-refractivity contribution < 1.29 is 59.4 Å². The number of Topliss-reactive ketones (excluding diaryl/α,β-unsaturated/α-hetero) is 3. The third kappa shape index (κ3) is 59.8. The van der Waals surface area contributed by atoms with Crippen molar-refractivity contribution in [2.45, 2.75) is 46.1 Å². The van der Waals surface area contributed by atoms with E-state index in [1.807, 2.05) is 0 Å². The van der Waals surface area contributed by atoms with E-state index in [4.69, 9.17) is 30.6 Å². The van der Waals surface area contributed by atoms with E-state index >= 15 is 0 Å². The fourth-order valence-electron chi connectivity index (χ4n) is 0.697. The standard InChI is InChI=1S/3C4H6O3.C3H8O3/c3*1-3(5)2-4(6)7;4-1-3(6)2-5/h3*2H2,1H3,(H,6,7);3-6H,1-2H2. The Morgan fingerprint density at radius 2 is 0.778 bits per heavy atom. The number of hydrogen-bond donors (Lipinski definition) is 6. The van der Waals surface area contributed by atoms with Crippen LogP contribution in [0.5, 0.6) is 0 Å². The molecule has 0 atom stereocenters. The second-order valence-electron chi connectivity index (χ2n) is 4.84. The van der Waals surface area contributed by atoms with Gasteiger partial charge in [0.2, 0.25) is 0 Å². The van der Waals surface area contributed by atoms with Crippen molar-refractivity contribution in [2.75, 3.05) is 13.2 Å². The number of hydrogen-bond acceptors (Lipinski definition) is 9. The SMILES string of the molecule is CC(=O)CC(=O)O.CC(=O)CC(=O)O.CC(=O)CC(=O)O.OCC(O)CO. The van der Waals surface area contributed by atoms with E-state index in [0.717, 1.165) is 0 Å². The van der Waals surface area contributed by atoms with Gasteiger partial charge in [0, 0.05) is 0 Å². The molecule has 0 aromatic rings. The number of carbonyl (C=O) groups excluding carboxylic acids is 3. The molecule has 12 heteroatoms. The maximum atomic E-state index is 9.87. The molecule has 6 N–H and O–H groups in total. The molecule has 0 aliphatic carbocycles. The molecule has 0 aromatic carbocycles. The molecule has 0 fully saturated rings. The molecular weight excluding hydrogens is 372 g/mol. The Balaban J connectivity index is -0.000000131. The first kappa shape index (κ1) is 32.0. The Morgan fingerprint density at radius 3 is 0.778 bits per heavy atom. The smallest absolute Gasteiger partial charge is 0.310 e. The fourth-order valence-corrected chi connectivity index (χ4v) is 0.697. The summed E-state index contributed by atoms with van der Waals surface area (Å²) < 4.78 is 0. The summed E-state index contributed by atoms with van der Waals surface area (Å²) in [7, 11) is 0. The van der Waals surface area contributed by atoms with Crippen LogP contribution in [0.3, 0.4) is 0 Å². The Hall–Kier alpha value is -2.70. The zero-order valence-electron chi connectivity index (χ0n) is 15.2. The van der Waals surface area contributed by atoms with E-state index < -0.39 is 24.0 Å². The number of aliphatic hydroxyl groups excluding tert-OH is 3.